The first-order chi connectivity index (χ1) is 28.7. The van der Waals surface area contributed by atoms with E-state index in [0.29, 0.717) is 23.6 Å². The van der Waals surface area contributed by atoms with Gasteiger partial charge in [-0.2, -0.15) is 0 Å². The Bertz CT molecular complexity index is 1870. The largest absolute Gasteiger partial charge is 0.465 e. The number of para-hydroxylation sites is 1. The molecule has 59 heavy (non-hydrogen) atoms. The predicted octanol–water partition coefficient (Wildman–Crippen LogP) is 8.40. The molecule has 7 rings (SSSR count). The van der Waals surface area contributed by atoms with Crippen LogP contribution in [0.3, 0.4) is 0 Å². The minimum atomic E-state index is -1.13. The highest BCUT2D eigenvalue weighted by Crippen LogP contribution is 2.46. The molecule has 5 atom stereocenters. The first-order valence-corrected chi connectivity index (χ1v) is 23.3. The van der Waals surface area contributed by atoms with Gasteiger partial charge in [-0.25, -0.2) is 0 Å². The molecule has 0 spiro atoms. The Morgan fingerprint density at radius 2 is 1.85 bits per heavy atom. The number of likely N-dealkylation sites (tertiary alicyclic amines) is 2. The Morgan fingerprint density at radius 1 is 1.07 bits per heavy atom. The summed E-state index contributed by atoms with van der Waals surface area (Å²) in [7, 11) is 2.99. The van der Waals surface area contributed by atoms with Crippen LogP contribution in [0.25, 0.3) is 10.1 Å². The number of carbonyl (C=O) groups is 4. The Kier molecular flexibility index (Phi) is 20.6. The lowest BCUT2D eigenvalue weighted by molar-refractivity contribution is -0.142. The number of nitrogens with zero attached hydrogens (tertiary/aromatic N) is 3. The van der Waals surface area contributed by atoms with Gasteiger partial charge in [0.25, 0.3) is 0 Å². The second-order valence-corrected chi connectivity index (χ2v) is 17.8. The Balaban J connectivity index is 0.000000209. The van der Waals surface area contributed by atoms with E-state index in [0.717, 1.165) is 84.2 Å². The molecular formula is C46H64N5O6PS. The van der Waals surface area contributed by atoms with Crippen molar-refractivity contribution in [1.29, 1.82) is 0 Å². The zero-order valence-electron chi connectivity index (χ0n) is 35.7. The van der Waals surface area contributed by atoms with Crippen LogP contribution in [0.1, 0.15) is 91.6 Å². The maximum atomic E-state index is 11.9. The molecule has 4 heterocycles. The molecule has 2 N–H and O–H groups in total. The Morgan fingerprint density at radius 3 is 2.49 bits per heavy atom. The normalized spacial score (nSPS) is 19.3. The van der Waals surface area contributed by atoms with Crippen molar-refractivity contribution >= 4 is 54.7 Å². The molecule has 2 aliphatic heterocycles. The number of thiophene rings is 1. The predicted molar refractivity (Wildman–Crippen MR) is 240 cm³/mol. The molecule has 2 saturated heterocycles. The van der Waals surface area contributed by atoms with Crippen molar-refractivity contribution in [3.8, 4) is 5.75 Å². The zero-order valence-corrected chi connectivity index (χ0v) is 37.4. The van der Waals surface area contributed by atoms with Crippen LogP contribution in [0.5, 0.6) is 5.75 Å². The third-order valence-electron chi connectivity index (χ3n) is 10.9. The number of aryl methyl sites for hydroxylation is 1. The van der Waals surface area contributed by atoms with Gasteiger partial charge in [-0.1, -0.05) is 45.0 Å². The monoisotopic (exact) mass is 845 g/mol. The summed E-state index contributed by atoms with van der Waals surface area (Å²) >= 11 is 1.48. The molecule has 4 aromatic rings. The molecule has 1 amide bonds. The summed E-state index contributed by atoms with van der Waals surface area (Å²) in [6.07, 6.45) is 14.5. The van der Waals surface area contributed by atoms with E-state index < -0.39 is 8.30 Å². The maximum Gasteiger partial charge on any atom is 0.320 e. The smallest absolute Gasteiger partial charge is 0.320 e. The minimum Gasteiger partial charge on any atom is -0.465 e. The third-order valence-corrected chi connectivity index (χ3v) is 13.5. The summed E-state index contributed by atoms with van der Waals surface area (Å²) in [5.74, 6) is 2.66. The van der Waals surface area contributed by atoms with E-state index in [2.05, 4.69) is 40.3 Å². The fraction of sp³-hybridized carbons (Fsp3) is 0.500. The average Bonchev–Trinajstić information content (AvgIpc) is 3.62. The van der Waals surface area contributed by atoms with Crippen molar-refractivity contribution in [1.82, 2.24) is 25.2 Å². The third kappa shape index (κ3) is 15.5. The number of pyridine rings is 1. The number of nitrogens with one attached hydrogen (secondary N) is 2. The molecule has 13 heteroatoms. The maximum absolute atomic E-state index is 11.9. The minimum absolute atomic E-state index is 0.0799. The van der Waals surface area contributed by atoms with E-state index in [4.69, 9.17) is 9.26 Å². The van der Waals surface area contributed by atoms with Gasteiger partial charge in [0.2, 0.25) is 6.41 Å². The number of ether oxygens (including phenoxy) is 1. The van der Waals surface area contributed by atoms with Crippen LogP contribution in [0.2, 0.25) is 0 Å². The number of benzene rings is 2. The van der Waals surface area contributed by atoms with Crippen molar-refractivity contribution in [2.45, 2.75) is 90.4 Å². The lowest BCUT2D eigenvalue weighted by atomic mass is 9.90. The van der Waals surface area contributed by atoms with Crippen LogP contribution in [0.4, 0.5) is 0 Å². The molecule has 0 radical (unpaired) electrons. The lowest BCUT2D eigenvalue weighted by Gasteiger charge is -2.37. The number of likely N-dealkylation sites (N-methyl/N-ethyl adjacent to an activating group) is 1. The van der Waals surface area contributed by atoms with Gasteiger partial charge in [0, 0.05) is 48.3 Å². The molecule has 2 aromatic heterocycles. The average molecular weight is 846 g/mol. The van der Waals surface area contributed by atoms with E-state index in [1.54, 1.807) is 11.1 Å². The van der Waals surface area contributed by atoms with Crippen LogP contribution in [-0.4, -0.2) is 98.7 Å². The number of carbonyl (C=O) groups excluding carboxylic acids is 4. The fourth-order valence-corrected chi connectivity index (χ4v) is 9.68. The second kappa shape index (κ2) is 25.5. The summed E-state index contributed by atoms with van der Waals surface area (Å²) < 4.78 is 12.3. The van der Waals surface area contributed by atoms with Gasteiger partial charge in [0.05, 0.1) is 17.5 Å². The van der Waals surface area contributed by atoms with Gasteiger partial charge in [-0.05, 0) is 136 Å². The standard InChI is InChI=1S/C21H22NO4PS.C13H24N2O.C10H12N2O.C2H6/c1-2-10-25-21(24)13-22-27(26-18-6-4-3-5-7-18)15-16-8-9-20-17(11-16)12-19(14-23)28-20;1-14-12(9-16)7-10-6-11(10)8-13-4-3-5-15(13)2;1-8-2-3-11-4-10(8)9-5-12(6-9)7-13;1-2/h3-9,11-12,14,22H,2,10,13,15H2,1H3;9-14H,3-8H2,1-2H3;2-4,7,9H,5-6H2,1H3;1-2H3/t;10-,11+,12+,13-;;/m.1../s1. The van der Waals surface area contributed by atoms with Crippen molar-refractivity contribution in [2.24, 2.45) is 11.8 Å². The van der Waals surface area contributed by atoms with Crippen molar-refractivity contribution < 1.29 is 28.4 Å². The number of aldehydes is 2. The van der Waals surface area contributed by atoms with E-state index in [1.165, 1.54) is 54.7 Å². The molecule has 3 aliphatic rings. The topological polar surface area (TPSA) is 130 Å². The van der Waals surface area contributed by atoms with Crippen molar-refractivity contribution in [3.05, 3.63) is 94.6 Å². The summed E-state index contributed by atoms with van der Waals surface area (Å²) in [5.41, 5.74) is 3.63. The molecule has 1 aliphatic carbocycles. The highest BCUT2D eigenvalue weighted by atomic mass is 32.1. The quantitative estimate of drug-likeness (QED) is 0.0572. The molecule has 320 valence electrons. The Hall–Kier alpha value is -4.06. The molecule has 1 saturated carbocycles. The molecule has 11 nitrogen and oxygen atoms in total. The van der Waals surface area contributed by atoms with Gasteiger partial charge < -0.3 is 29.2 Å². The van der Waals surface area contributed by atoms with Crippen LogP contribution < -0.4 is 14.9 Å². The number of aromatic nitrogens is 1. The van der Waals surface area contributed by atoms with Gasteiger partial charge in [0.15, 0.2) is 14.6 Å². The summed E-state index contributed by atoms with van der Waals surface area (Å²) in [4.78, 5) is 53.0. The molecule has 3 fully saturated rings. The number of esters is 1. The molecule has 0 bridgehead atoms. The van der Waals surface area contributed by atoms with E-state index in [9.17, 15) is 19.2 Å². The van der Waals surface area contributed by atoms with Gasteiger partial charge >= 0.3 is 5.97 Å². The Labute approximate surface area is 356 Å². The summed E-state index contributed by atoms with van der Waals surface area (Å²) in [5, 5.41) is 7.32. The van der Waals surface area contributed by atoms with Crippen LogP contribution in [0.15, 0.2) is 73.1 Å². The van der Waals surface area contributed by atoms with E-state index in [1.807, 2.05) is 88.6 Å². The number of hydrogen-bond acceptors (Lipinski definition) is 11. The van der Waals surface area contributed by atoms with E-state index >= 15 is 0 Å². The van der Waals surface area contributed by atoms with E-state index in [-0.39, 0.29) is 18.6 Å². The number of hydrogen-bond donors (Lipinski definition) is 2. The molecule has 2 aromatic carbocycles. The fourth-order valence-electron chi connectivity index (χ4n) is 7.37. The number of rotatable bonds is 18. The highest BCUT2D eigenvalue weighted by Gasteiger charge is 2.40. The second-order valence-electron chi connectivity index (χ2n) is 15.2. The summed E-state index contributed by atoms with van der Waals surface area (Å²) in [6, 6.07) is 20.5. The highest BCUT2D eigenvalue weighted by molar-refractivity contribution is 7.50. The molecular weight excluding hydrogens is 782 g/mol. The van der Waals surface area contributed by atoms with Gasteiger partial charge in [-0.3, -0.25) is 24.5 Å². The first kappa shape index (κ1) is 47.6. The molecule has 1 unspecified atom stereocenters. The first-order valence-electron chi connectivity index (χ1n) is 21.0. The van der Waals surface area contributed by atoms with Crippen molar-refractivity contribution in [2.75, 3.05) is 46.9 Å². The van der Waals surface area contributed by atoms with Gasteiger partial charge in [0.1, 0.15) is 18.6 Å². The lowest BCUT2D eigenvalue weighted by Crippen LogP contribution is -2.44. The van der Waals surface area contributed by atoms with Crippen LogP contribution in [0, 0.1) is 18.8 Å². The SMILES string of the molecule is CC.CCCOC(=O)CNP(Cc1ccc2sc(C=O)cc2c1)Oc1ccccc1.CN[C@H](C=O)C[C@H]1C[C@H]1C[C@H]1CCCN1C.Cc1ccncc1C1CN(C=O)C1. The number of fused-ring (bicyclic) bond motifs is 1. The number of amides is 1. The van der Waals surface area contributed by atoms with Gasteiger partial charge in [-0.15, -0.1) is 11.3 Å². The zero-order chi connectivity index (χ0) is 42.6. The van der Waals surface area contributed by atoms with Crippen LogP contribution >= 0.6 is 19.6 Å². The van der Waals surface area contributed by atoms with Crippen LogP contribution in [-0.2, 0) is 25.3 Å². The summed E-state index contributed by atoms with van der Waals surface area (Å²) in [6.45, 7) is 11.5. The van der Waals surface area contributed by atoms with Crippen molar-refractivity contribution in [3.63, 3.8) is 0 Å².